The van der Waals surface area contributed by atoms with Crippen LogP contribution in [0.1, 0.15) is 5.56 Å². The molecule has 6 heteroatoms. The van der Waals surface area contributed by atoms with Gasteiger partial charge in [-0.05, 0) is 37.3 Å². The van der Waals surface area contributed by atoms with E-state index in [-0.39, 0.29) is 6.99 Å². The summed E-state index contributed by atoms with van der Waals surface area (Å²) in [5.41, 5.74) is 7.89. The van der Waals surface area contributed by atoms with Gasteiger partial charge < -0.3 is 5.73 Å². The quantitative estimate of drug-likeness (QED) is 0.639. The van der Waals surface area contributed by atoms with Crippen molar-refractivity contribution in [2.45, 2.75) is 6.42 Å². The molecule has 78 valence electrons. The van der Waals surface area contributed by atoms with Crippen molar-refractivity contribution in [1.82, 2.24) is 0 Å². The Hall–Kier alpha value is 1.17. The van der Waals surface area contributed by atoms with Gasteiger partial charge >= 0.3 is 0 Å². The third-order valence-electron chi connectivity index (χ3n) is 1.81. The molecule has 0 fully saturated rings. The highest BCUT2D eigenvalue weighted by Crippen LogP contribution is 2.77. The van der Waals surface area contributed by atoms with Crippen LogP contribution in [0.4, 0.5) is 5.69 Å². The van der Waals surface area contributed by atoms with E-state index in [1.807, 2.05) is 12.1 Å². The van der Waals surface area contributed by atoms with Gasteiger partial charge in [-0.25, -0.2) is 0 Å². The molecular weight excluding hydrogens is 265 g/mol. The van der Waals surface area contributed by atoms with E-state index in [2.05, 4.69) is 30.0 Å². The first kappa shape index (κ1) is 13.2. The SMILES string of the molecule is Nc1ccc(CCPP(P)PP)cc1. The van der Waals surface area contributed by atoms with Crippen LogP contribution >= 0.6 is 41.1 Å². The third-order valence-corrected chi connectivity index (χ3v) is 18.5. The minimum absolute atomic E-state index is 0.230. The summed E-state index contributed by atoms with van der Waals surface area (Å²) in [5.74, 6) is 0. The maximum Gasteiger partial charge on any atom is 0.0314 e. The van der Waals surface area contributed by atoms with Crippen LogP contribution in [0, 0.1) is 0 Å². The highest BCUT2D eigenvalue weighted by molar-refractivity contribution is 8.79. The van der Waals surface area contributed by atoms with Gasteiger partial charge in [-0.3, -0.25) is 0 Å². The fourth-order valence-corrected chi connectivity index (χ4v) is 8.57. The van der Waals surface area contributed by atoms with Crippen molar-refractivity contribution in [1.29, 1.82) is 0 Å². The summed E-state index contributed by atoms with van der Waals surface area (Å²) < 4.78 is 0. The van der Waals surface area contributed by atoms with Crippen molar-refractivity contribution in [3.63, 3.8) is 0 Å². The van der Waals surface area contributed by atoms with Crippen LogP contribution in [0.15, 0.2) is 24.3 Å². The van der Waals surface area contributed by atoms with Gasteiger partial charge in [-0.2, -0.15) is 0 Å². The molecule has 0 aromatic heterocycles. The molecular formula is C8H16NP5. The molecule has 1 nitrogen and oxygen atoms in total. The molecule has 0 saturated carbocycles. The van der Waals surface area contributed by atoms with Crippen LogP contribution in [-0.2, 0) is 6.42 Å². The van der Waals surface area contributed by atoms with E-state index in [4.69, 9.17) is 5.73 Å². The molecule has 1 rings (SSSR count). The van der Waals surface area contributed by atoms with Crippen LogP contribution < -0.4 is 5.73 Å². The largest absolute Gasteiger partial charge is 0.399 e. The fourth-order valence-electron chi connectivity index (χ4n) is 1.05. The van der Waals surface area contributed by atoms with E-state index in [1.54, 1.807) is 0 Å². The molecule has 0 bridgehead atoms. The summed E-state index contributed by atoms with van der Waals surface area (Å²) in [7, 11) is 7.98. The Morgan fingerprint density at radius 1 is 1.29 bits per heavy atom. The zero-order chi connectivity index (χ0) is 10.4. The van der Waals surface area contributed by atoms with Crippen LogP contribution in [0.2, 0.25) is 0 Å². The summed E-state index contributed by atoms with van der Waals surface area (Å²) in [6.07, 6.45) is 2.52. The maximum atomic E-state index is 5.63. The van der Waals surface area contributed by atoms with Gasteiger partial charge in [0.15, 0.2) is 0 Å². The van der Waals surface area contributed by atoms with E-state index in [0.717, 1.165) is 21.9 Å². The maximum absolute atomic E-state index is 5.63. The van der Waals surface area contributed by atoms with E-state index < -0.39 is 0 Å². The summed E-state index contributed by atoms with van der Waals surface area (Å²) in [4.78, 5) is 0. The molecule has 1 aromatic carbocycles. The predicted octanol–water partition coefficient (Wildman–Crippen LogP) is 4.06. The van der Waals surface area contributed by atoms with Gasteiger partial charge in [0.05, 0.1) is 0 Å². The third kappa shape index (κ3) is 5.31. The number of nitrogens with two attached hydrogens (primary N) is 1. The summed E-state index contributed by atoms with van der Waals surface area (Å²) in [6.45, 7) is 0.230. The normalized spacial score (nSPS) is 14.4. The van der Waals surface area contributed by atoms with Crippen molar-refractivity contribution in [2.24, 2.45) is 0 Å². The average Bonchev–Trinajstić information content (AvgIpc) is 2.21. The number of anilines is 1. The number of aryl methyl sites for hydroxylation is 1. The van der Waals surface area contributed by atoms with Crippen LogP contribution in [0.25, 0.3) is 0 Å². The Bertz CT molecular complexity index is 263. The van der Waals surface area contributed by atoms with Gasteiger partial charge in [0.25, 0.3) is 0 Å². The average molecular weight is 281 g/mol. The number of rotatable bonds is 5. The highest BCUT2D eigenvalue weighted by Gasteiger charge is 1.98. The van der Waals surface area contributed by atoms with Gasteiger partial charge in [0, 0.05) is 5.69 Å². The molecule has 14 heavy (non-hydrogen) atoms. The first-order valence-corrected chi connectivity index (χ1v) is 13.0. The van der Waals surface area contributed by atoms with Gasteiger partial charge in [0.1, 0.15) is 0 Å². The van der Waals surface area contributed by atoms with Crippen molar-refractivity contribution in [3.05, 3.63) is 29.8 Å². The van der Waals surface area contributed by atoms with Gasteiger partial charge in [-0.15, -0.1) is 17.9 Å². The van der Waals surface area contributed by atoms with E-state index >= 15 is 0 Å². The number of nitrogen functional groups attached to an aromatic ring is 1. The second-order valence-electron chi connectivity index (χ2n) is 2.90. The van der Waals surface area contributed by atoms with Crippen molar-refractivity contribution < 1.29 is 0 Å². The van der Waals surface area contributed by atoms with E-state index in [0.29, 0.717) is 0 Å². The van der Waals surface area contributed by atoms with Crippen molar-refractivity contribution in [3.8, 4) is 0 Å². The van der Waals surface area contributed by atoms with E-state index in [1.165, 1.54) is 18.1 Å². The summed E-state index contributed by atoms with van der Waals surface area (Å²) in [5, 5.41) is 0. The molecule has 5 atom stereocenters. The molecule has 5 unspecified atom stereocenters. The second-order valence-corrected chi connectivity index (χ2v) is 17.6. The number of benzene rings is 1. The lowest BCUT2D eigenvalue weighted by molar-refractivity contribution is 1.16. The van der Waals surface area contributed by atoms with Gasteiger partial charge in [0.2, 0.25) is 0 Å². The lowest BCUT2D eigenvalue weighted by Crippen LogP contribution is -1.88. The second kappa shape index (κ2) is 7.44. The fraction of sp³-hybridized carbons (Fsp3) is 0.250. The highest BCUT2D eigenvalue weighted by atomic mass is 32.8. The molecule has 0 radical (unpaired) electrons. The Morgan fingerprint density at radius 2 is 1.93 bits per heavy atom. The number of hydrogen-bond acceptors (Lipinski definition) is 1. The van der Waals surface area contributed by atoms with E-state index in [9.17, 15) is 0 Å². The minimum Gasteiger partial charge on any atom is -0.399 e. The molecule has 0 aliphatic rings. The van der Waals surface area contributed by atoms with Crippen molar-refractivity contribution >= 4 is 46.8 Å². The smallest absolute Gasteiger partial charge is 0.0314 e. The molecule has 1 aromatic rings. The molecule has 0 amide bonds. The van der Waals surface area contributed by atoms with Crippen LogP contribution in [0.5, 0.6) is 0 Å². The Balaban J connectivity index is 2.28. The lowest BCUT2D eigenvalue weighted by atomic mass is 10.2. The molecule has 2 N–H and O–H groups in total. The summed E-state index contributed by atoms with van der Waals surface area (Å²) >= 11 is 0. The standard InChI is InChI=1S/C8H16NP5/c9-8-3-1-7(2-4-8)5-6-12-14(11)13-10/h1-4,12-13H,5-6,9-11H2. The monoisotopic (exact) mass is 281 g/mol. The van der Waals surface area contributed by atoms with Crippen LogP contribution in [0.3, 0.4) is 0 Å². The summed E-state index contributed by atoms with van der Waals surface area (Å²) in [6, 6.07) is 8.24. The lowest BCUT2D eigenvalue weighted by Gasteiger charge is -2.08. The molecule has 0 spiro atoms. The zero-order valence-electron chi connectivity index (χ0n) is 7.90. The zero-order valence-corrected chi connectivity index (χ0v) is 13.1. The molecule has 0 heterocycles. The predicted molar refractivity (Wildman–Crippen MR) is 82.4 cm³/mol. The first-order valence-electron chi connectivity index (χ1n) is 4.31. The Kier molecular flexibility index (Phi) is 7.04. The number of hydrogen-bond donors (Lipinski definition) is 1. The molecule has 0 aliphatic heterocycles. The van der Waals surface area contributed by atoms with Crippen LogP contribution in [-0.4, -0.2) is 6.16 Å². The Morgan fingerprint density at radius 3 is 2.50 bits per heavy atom. The Labute approximate surface area is 95.1 Å². The first-order chi connectivity index (χ1) is 6.72. The van der Waals surface area contributed by atoms with Crippen molar-refractivity contribution in [2.75, 3.05) is 11.9 Å². The topological polar surface area (TPSA) is 26.0 Å². The molecule has 0 saturated heterocycles. The molecule has 0 aliphatic carbocycles. The minimum atomic E-state index is 0.230. The van der Waals surface area contributed by atoms with Gasteiger partial charge in [-0.1, -0.05) is 28.4 Å².